The summed E-state index contributed by atoms with van der Waals surface area (Å²) in [5.74, 6) is 0.787. The lowest BCUT2D eigenvalue weighted by molar-refractivity contribution is 0.628. The molecular weight excluding hydrogens is 327 g/mol. The van der Waals surface area contributed by atoms with Crippen LogP contribution in [0.5, 0.6) is 0 Å². The van der Waals surface area contributed by atoms with Crippen molar-refractivity contribution in [2.24, 2.45) is 9.98 Å². The van der Waals surface area contributed by atoms with Crippen LogP contribution >= 0.6 is 0 Å². The van der Waals surface area contributed by atoms with Crippen molar-refractivity contribution in [3.8, 4) is 22.5 Å². The molecule has 2 heterocycles. The lowest BCUT2D eigenvalue weighted by Crippen LogP contribution is -1.96. The first-order valence-corrected chi connectivity index (χ1v) is 8.66. The van der Waals surface area contributed by atoms with Gasteiger partial charge in [0.1, 0.15) is 11.6 Å². The Morgan fingerprint density at radius 2 is 2.04 bits per heavy atom. The Balaban J connectivity index is 1.94. The number of nitrogens with zero attached hydrogens (tertiary/aromatic N) is 4. The van der Waals surface area contributed by atoms with Crippen LogP contribution in [0.4, 0.5) is 15.8 Å². The van der Waals surface area contributed by atoms with E-state index in [2.05, 4.69) is 21.3 Å². The molecule has 0 atom stereocenters. The molecular formula is C21H19FN4. The zero-order chi connectivity index (χ0) is 18.1. The quantitative estimate of drug-likeness (QED) is 0.587. The summed E-state index contributed by atoms with van der Waals surface area (Å²) in [6, 6.07) is 12.5. The lowest BCUT2D eigenvalue weighted by atomic mass is 10.0. The third-order valence-corrected chi connectivity index (χ3v) is 4.61. The second-order valence-electron chi connectivity index (χ2n) is 6.24. The third kappa shape index (κ3) is 2.75. The molecule has 0 N–H and O–H groups in total. The smallest absolute Gasteiger partial charge is 0.123 e. The van der Waals surface area contributed by atoms with Gasteiger partial charge in [0.25, 0.3) is 0 Å². The van der Waals surface area contributed by atoms with Crippen LogP contribution in [0.15, 0.2) is 52.4 Å². The summed E-state index contributed by atoms with van der Waals surface area (Å²) in [4.78, 5) is 13.3. The predicted molar refractivity (Wildman–Crippen MR) is 104 cm³/mol. The molecule has 0 radical (unpaired) electrons. The molecule has 0 unspecified atom stereocenters. The highest BCUT2D eigenvalue weighted by Gasteiger charge is 2.23. The Morgan fingerprint density at radius 1 is 1.15 bits per heavy atom. The van der Waals surface area contributed by atoms with Gasteiger partial charge in [-0.3, -0.25) is 9.98 Å². The minimum absolute atomic E-state index is 0.260. The van der Waals surface area contributed by atoms with Gasteiger partial charge in [0.15, 0.2) is 0 Å². The maximum atomic E-state index is 13.8. The van der Waals surface area contributed by atoms with Gasteiger partial charge >= 0.3 is 0 Å². The molecule has 1 aliphatic rings. The van der Waals surface area contributed by atoms with Crippen molar-refractivity contribution in [1.82, 2.24) is 9.55 Å². The molecule has 0 fully saturated rings. The van der Waals surface area contributed by atoms with Gasteiger partial charge in [0.2, 0.25) is 0 Å². The molecule has 1 aliphatic heterocycles. The van der Waals surface area contributed by atoms with Crippen molar-refractivity contribution in [3.63, 3.8) is 0 Å². The van der Waals surface area contributed by atoms with Gasteiger partial charge in [-0.25, -0.2) is 9.37 Å². The molecule has 26 heavy (non-hydrogen) atoms. The van der Waals surface area contributed by atoms with E-state index in [1.54, 1.807) is 12.3 Å². The largest absolute Gasteiger partial charge is 0.327 e. The van der Waals surface area contributed by atoms with Gasteiger partial charge in [-0.2, -0.15) is 0 Å². The monoisotopic (exact) mass is 346 g/mol. The number of aromatic nitrogens is 2. The molecule has 0 amide bonds. The van der Waals surface area contributed by atoms with Crippen LogP contribution in [0, 0.1) is 5.82 Å². The molecule has 1 aromatic heterocycles. The number of hydrogen-bond acceptors (Lipinski definition) is 3. The number of halogens is 1. The van der Waals surface area contributed by atoms with E-state index in [0.29, 0.717) is 0 Å². The summed E-state index contributed by atoms with van der Waals surface area (Å²) in [6.07, 6.45) is 3.75. The number of rotatable bonds is 4. The molecule has 0 saturated heterocycles. The van der Waals surface area contributed by atoms with E-state index in [0.717, 1.165) is 59.1 Å². The fourth-order valence-corrected chi connectivity index (χ4v) is 3.50. The van der Waals surface area contributed by atoms with Crippen LogP contribution in [0.25, 0.3) is 22.5 Å². The molecule has 0 aliphatic carbocycles. The van der Waals surface area contributed by atoms with E-state index in [4.69, 9.17) is 4.98 Å². The van der Waals surface area contributed by atoms with Crippen LogP contribution in [0.1, 0.15) is 19.2 Å². The standard InChI is InChI=1S/C21H19FN4/c1-3-24-18-13-15(9-10-17(18)23-2)21-20(14-6-4-7-16(22)12-14)25-19-8-5-11-26(19)21/h3-4,6-7,9-10,12-13H,2,5,8,11H2,1H3. The molecule has 3 aromatic rings. The normalized spacial score (nSPS) is 13.3. The average Bonchev–Trinajstić information content (AvgIpc) is 3.23. The molecule has 0 spiro atoms. The van der Waals surface area contributed by atoms with E-state index in [1.165, 1.54) is 12.1 Å². The molecule has 130 valence electrons. The number of aliphatic imine (C=N–C) groups is 2. The molecule has 4 rings (SSSR count). The van der Waals surface area contributed by atoms with Crippen molar-refractivity contribution < 1.29 is 4.39 Å². The first kappa shape index (κ1) is 16.4. The number of benzene rings is 2. The zero-order valence-corrected chi connectivity index (χ0v) is 14.6. The van der Waals surface area contributed by atoms with Crippen molar-refractivity contribution >= 4 is 24.3 Å². The van der Waals surface area contributed by atoms with Gasteiger partial charge in [-0.05, 0) is 44.3 Å². The Kier molecular flexibility index (Phi) is 4.21. The van der Waals surface area contributed by atoms with Gasteiger partial charge < -0.3 is 4.57 Å². The predicted octanol–water partition coefficient (Wildman–Crippen LogP) is 5.36. The Hall–Kier alpha value is -3.08. The van der Waals surface area contributed by atoms with Crippen LogP contribution < -0.4 is 0 Å². The van der Waals surface area contributed by atoms with E-state index < -0.39 is 0 Å². The Labute approximate surface area is 151 Å². The van der Waals surface area contributed by atoms with Crippen LogP contribution in [0.2, 0.25) is 0 Å². The highest BCUT2D eigenvalue weighted by molar-refractivity contribution is 5.83. The molecule has 0 saturated carbocycles. The minimum atomic E-state index is -0.260. The second kappa shape index (κ2) is 6.67. The molecule has 0 bridgehead atoms. The summed E-state index contributed by atoms with van der Waals surface area (Å²) < 4.78 is 16.0. The lowest BCUT2D eigenvalue weighted by Gasteiger charge is -2.10. The SMILES string of the molecule is C=Nc1ccc(-c2c(-c3cccc(F)c3)nc3n2CCC3)cc1N=CC. The van der Waals surface area contributed by atoms with E-state index in [9.17, 15) is 4.39 Å². The summed E-state index contributed by atoms with van der Waals surface area (Å²) in [7, 11) is 0. The molecule has 5 heteroatoms. The Bertz CT molecular complexity index is 1020. The van der Waals surface area contributed by atoms with Crippen molar-refractivity contribution in [3.05, 3.63) is 54.1 Å². The maximum Gasteiger partial charge on any atom is 0.123 e. The number of aryl methyl sites for hydroxylation is 1. The number of fused-ring (bicyclic) bond motifs is 1. The highest BCUT2D eigenvalue weighted by atomic mass is 19.1. The number of hydrogen-bond donors (Lipinski definition) is 0. The van der Waals surface area contributed by atoms with E-state index in [-0.39, 0.29) is 5.82 Å². The van der Waals surface area contributed by atoms with Crippen molar-refractivity contribution in [2.45, 2.75) is 26.3 Å². The van der Waals surface area contributed by atoms with Gasteiger partial charge in [-0.15, -0.1) is 0 Å². The first-order valence-electron chi connectivity index (χ1n) is 8.66. The first-order chi connectivity index (χ1) is 12.7. The van der Waals surface area contributed by atoms with Crippen LogP contribution in [0.3, 0.4) is 0 Å². The number of imidazole rings is 1. The Morgan fingerprint density at radius 3 is 2.81 bits per heavy atom. The summed E-state index contributed by atoms with van der Waals surface area (Å²) >= 11 is 0. The maximum absolute atomic E-state index is 13.8. The minimum Gasteiger partial charge on any atom is -0.327 e. The second-order valence-corrected chi connectivity index (χ2v) is 6.24. The molecule has 2 aromatic carbocycles. The van der Waals surface area contributed by atoms with E-state index in [1.807, 2.05) is 31.2 Å². The summed E-state index contributed by atoms with van der Waals surface area (Å²) in [6.45, 7) is 6.40. The summed E-state index contributed by atoms with van der Waals surface area (Å²) in [5, 5.41) is 0. The average molecular weight is 346 g/mol. The topological polar surface area (TPSA) is 42.5 Å². The van der Waals surface area contributed by atoms with Crippen molar-refractivity contribution in [1.29, 1.82) is 0 Å². The highest BCUT2D eigenvalue weighted by Crippen LogP contribution is 2.39. The summed E-state index contributed by atoms with van der Waals surface area (Å²) in [5.41, 5.74) is 5.10. The van der Waals surface area contributed by atoms with Gasteiger partial charge in [0.05, 0.1) is 22.8 Å². The zero-order valence-electron chi connectivity index (χ0n) is 14.6. The van der Waals surface area contributed by atoms with Crippen molar-refractivity contribution in [2.75, 3.05) is 0 Å². The van der Waals surface area contributed by atoms with Crippen LogP contribution in [-0.2, 0) is 13.0 Å². The van der Waals surface area contributed by atoms with Gasteiger partial charge in [0, 0.05) is 30.3 Å². The van der Waals surface area contributed by atoms with E-state index >= 15 is 0 Å². The fraction of sp³-hybridized carbons (Fsp3) is 0.190. The molecule has 4 nitrogen and oxygen atoms in total. The van der Waals surface area contributed by atoms with Gasteiger partial charge in [-0.1, -0.05) is 18.2 Å². The fourth-order valence-electron chi connectivity index (χ4n) is 3.50. The third-order valence-electron chi connectivity index (χ3n) is 4.61. The van der Waals surface area contributed by atoms with Crippen LogP contribution in [-0.4, -0.2) is 22.5 Å².